The van der Waals surface area contributed by atoms with Crippen LogP contribution in [0.5, 0.6) is 0 Å². The minimum atomic E-state index is -0.906. The number of hydrogen-bond donors (Lipinski definition) is 1. The Labute approximate surface area is 60.1 Å². The highest BCUT2D eigenvalue weighted by molar-refractivity contribution is 5.66. The first-order valence-corrected chi connectivity index (χ1v) is 3.48. The maximum absolute atomic E-state index is 11.9. The van der Waals surface area contributed by atoms with Crippen LogP contribution in [0.4, 0.5) is 4.39 Å². The van der Waals surface area contributed by atoms with Gasteiger partial charge in [-0.05, 0) is 12.3 Å². The van der Waals surface area contributed by atoms with Crippen LogP contribution in [0.25, 0.3) is 0 Å². The Kier molecular flexibility index (Phi) is 4.89. The van der Waals surface area contributed by atoms with Crippen molar-refractivity contribution in [1.82, 2.24) is 0 Å². The fraction of sp³-hybridized carbons (Fsp3) is 0.857. The predicted molar refractivity (Wildman–Crippen MR) is 36.6 cm³/mol. The summed E-state index contributed by atoms with van der Waals surface area (Å²) in [6.07, 6.45) is 1.48. The predicted octanol–water partition coefficient (Wildman–Crippen LogP) is 1.85. The SMILES string of the molecule is CCCC(CF)CC(=O)O. The molecule has 0 radical (unpaired) electrons. The minimum Gasteiger partial charge on any atom is -0.481 e. The molecule has 10 heavy (non-hydrogen) atoms. The van der Waals surface area contributed by atoms with Gasteiger partial charge in [-0.3, -0.25) is 9.18 Å². The second-order valence-electron chi connectivity index (χ2n) is 2.41. The van der Waals surface area contributed by atoms with Crippen molar-refractivity contribution in [2.24, 2.45) is 5.92 Å². The first kappa shape index (κ1) is 9.40. The number of hydrogen-bond acceptors (Lipinski definition) is 1. The lowest BCUT2D eigenvalue weighted by Gasteiger charge is -2.06. The Morgan fingerprint density at radius 2 is 2.30 bits per heavy atom. The van der Waals surface area contributed by atoms with E-state index in [4.69, 9.17) is 5.11 Å². The summed E-state index contributed by atoms with van der Waals surface area (Å²) in [6, 6.07) is 0. The summed E-state index contributed by atoms with van der Waals surface area (Å²) in [6.45, 7) is 1.41. The summed E-state index contributed by atoms with van der Waals surface area (Å²) < 4.78 is 11.9. The fourth-order valence-electron chi connectivity index (χ4n) is 0.889. The van der Waals surface area contributed by atoms with Gasteiger partial charge in [0.05, 0.1) is 13.1 Å². The molecule has 1 unspecified atom stereocenters. The number of rotatable bonds is 5. The van der Waals surface area contributed by atoms with Gasteiger partial charge >= 0.3 is 5.97 Å². The van der Waals surface area contributed by atoms with Crippen LogP contribution in [0.1, 0.15) is 26.2 Å². The molecule has 0 aromatic rings. The number of carboxylic acids is 1. The van der Waals surface area contributed by atoms with E-state index < -0.39 is 12.6 Å². The van der Waals surface area contributed by atoms with Gasteiger partial charge in [0, 0.05) is 0 Å². The van der Waals surface area contributed by atoms with Gasteiger partial charge in [-0.15, -0.1) is 0 Å². The van der Waals surface area contributed by atoms with E-state index in [0.29, 0.717) is 6.42 Å². The molecular weight excluding hydrogens is 135 g/mol. The molecule has 0 aliphatic heterocycles. The number of aliphatic carboxylic acids is 1. The van der Waals surface area contributed by atoms with Gasteiger partial charge in [0.25, 0.3) is 0 Å². The summed E-state index contributed by atoms with van der Waals surface area (Å²) in [4.78, 5) is 10.1. The molecule has 0 spiro atoms. The van der Waals surface area contributed by atoms with Crippen molar-refractivity contribution in [3.05, 3.63) is 0 Å². The topological polar surface area (TPSA) is 37.3 Å². The van der Waals surface area contributed by atoms with Crippen molar-refractivity contribution in [2.45, 2.75) is 26.2 Å². The van der Waals surface area contributed by atoms with Crippen molar-refractivity contribution in [3.63, 3.8) is 0 Å². The Morgan fingerprint density at radius 1 is 1.70 bits per heavy atom. The molecule has 0 aromatic heterocycles. The fourth-order valence-corrected chi connectivity index (χ4v) is 0.889. The summed E-state index contributed by atoms with van der Waals surface area (Å²) in [5.41, 5.74) is 0. The third-order valence-electron chi connectivity index (χ3n) is 1.38. The van der Waals surface area contributed by atoms with Gasteiger partial charge in [0.1, 0.15) is 0 Å². The first-order chi connectivity index (χ1) is 4.70. The molecule has 0 fully saturated rings. The Hall–Kier alpha value is -0.600. The lowest BCUT2D eigenvalue weighted by Crippen LogP contribution is -2.09. The van der Waals surface area contributed by atoms with Crippen molar-refractivity contribution in [3.8, 4) is 0 Å². The summed E-state index contributed by atoms with van der Waals surface area (Å²) in [5, 5.41) is 8.27. The van der Waals surface area contributed by atoms with Crippen LogP contribution >= 0.6 is 0 Å². The summed E-state index contributed by atoms with van der Waals surface area (Å²) in [5.74, 6) is -1.18. The molecule has 0 heterocycles. The van der Waals surface area contributed by atoms with Crippen molar-refractivity contribution in [2.75, 3.05) is 6.67 Å². The molecule has 0 saturated carbocycles. The first-order valence-electron chi connectivity index (χ1n) is 3.48. The van der Waals surface area contributed by atoms with E-state index in [1.54, 1.807) is 0 Å². The summed E-state index contributed by atoms with van der Waals surface area (Å²) in [7, 11) is 0. The van der Waals surface area contributed by atoms with Gasteiger partial charge in [0.2, 0.25) is 0 Å². The smallest absolute Gasteiger partial charge is 0.303 e. The van der Waals surface area contributed by atoms with E-state index in [1.807, 2.05) is 6.92 Å². The van der Waals surface area contributed by atoms with E-state index in [1.165, 1.54) is 0 Å². The molecule has 0 rings (SSSR count). The van der Waals surface area contributed by atoms with Crippen LogP contribution < -0.4 is 0 Å². The zero-order valence-corrected chi connectivity index (χ0v) is 6.14. The Balaban J connectivity index is 3.49. The summed E-state index contributed by atoms with van der Waals surface area (Å²) >= 11 is 0. The van der Waals surface area contributed by atoms with Crippen LogP contribution in [-0.2, 0) is 4.79 Å². The monoisotopic (exact) mass is 148 g/mol. The molecule has 0 aliphatic carbocycles. The van der Waals surface area contributed by atoms with E-state index in [2.05, 4.69) is 0 Å². The molecule has 0 amide bonds. The third kappa shape index (κ3) is 4.30. The highest BCUT2D eigenvalue weighted by atomic mass is 19.1. The lowest BCUT2D eigenvalue weighted by atomic mass is 10.0. The highest BCUT2D eigenvalue weighted by Crippen LogP contribution is 2.11. The van der Waals surface area contributed by atoms with Crippen LogP contribution in [0.2, 0.25) is 0 Å². The van der Waals surface area contributed by atoms with Crippen LogP contribution in [0.15, 0.2) is 0 Å². The number of carboxylic acid groups (broad SMARTS) is 1. The average Bonchev–Trinajstić information content (AvgIpc) is 1.86. The van der Waals surface area contributed by atoms with E-state index in [0.717, 1.165) is 6.42 Å². The van der Waals surface area contributed by atoms with Gasteiger partial charge < -0.3 is 5.11 Å². The molecule has 60 valence electrons. The maximum atomic E-state index is 11.9. The van der Waals surface area contributed by atoms with Crippen LogP contribution in [-0.4, -0.2) is 17.8 Å². The normalized spacial score (nSPS) is 13.0. The van der Waals surface area contributed by atoms with Crippen molar-refractivity contribution in [1.29, 1.82) is 0 Å². The van der Waals surface area contributed by atoms with Crippen LogP contribution in [0, 0.1) is 5.92 Å². The highest BCUT2D eigenvalue weighted by Gasteiger charge is 2.10. The molecule has 0 aliphatic rings. The molecule has 1 N–H and O–H groups in total. The molecule has 1 atom stereocenters. The quantitative estimate of drug-likeness (QED) is 0.646. The molecular formula is C7H13FO2. The minimum absolute atomic E-state index is 0.0374. The second-order valence-corrected chi connectivity index (χ2v) is 2.41. The van der Waals surface area contributed by atoms with Gasteiger partial charge in [0.15, 0.2) is 0 Å². The Bertz CT molecular complexity index is 104. The second kappa shape index (κ2) is 5.21. The molecule has 2 nitrogen and oxygen atoms in total. The zero-order chi connectivity index (χ0) is 7.98. The number of halogens is 1. The Morgan fingerprint density at radius 3 is 2.60 bits per heavy atom. The molecule has 0 aromatic carbocycles. The zero-order valence-electron chi connectivity index (χ0n) is 6.14. The van der Waals surface area contributed by atoms with Crippen molar-refractivity contribution < 1.29 is 14.3 Å². The van der Waals surface area contributed by atoms with Gasteiger partial charge in [-0.25, -0.2) is 0 Å². The number of carbonyl (C=O) groups is 1. The van der Waals surface area contributed by atoms with E-state index in [-0.39, 0.29) is 12.3 Å². The van der Waals surface area contributed by atoms with E-state index >= 15 is 0 Å². The molecule has 0 saturated heterocycles. The van der Waals surface area contributed by atoms with Crippen molar-refractivity contribution >= 4 is 5.97 Å². The third-order valence-corrected chi connectivity index (χ3v) is 1.38. The largest absolute Gasteiger partial charge is 0.481 e. The molecule has 0 bridgehead atoms. The van der Waals surface area contributed by atoms with E-state index in [9.17, 15) is 9.18 Å². The van der Waals surface area contributed by atoms with Crippen LogP contribution in [0.3, 0.4) is 0 Å². The van der Waals surface area contributed by atoms with Gasteiger partial charge in [-0.1, -0.05) is 13.3 Å². The maximum Gasteiger partial charge on any atom is 0.303 e. The standard InChI is InChI=1S/C7H13FO2/c1-2-3-6(5-8)4-7(9)10/h6H,2-5H2,1H3,(H,9,10). The average molecular weight is 148 g/mol. The lowest BCUT2D eigenvalue weighted by molar-refractivity contribution is -0.138. The number of alkyl halides is 1. The van der Waals surface area contributed by atoms with Gasteiger partial charge in [-0.2, -0.15) is 0 Å². The molecule has 3 heteroatoms.